The summed E-state index contributed by atoms with van der Waals surface area (Å²) < 4.78 is 27.3. The Morgan fingerprint density at radius 2 is 1.57 bits per heavy atom. The van der Waals surface area contributed by atoms with E-state index in [1.807, 2.05) is 0 Å². The van der Waals surface area contributed by atoms with Gasteiger partial charge in [0.05, 0.1) is 11.9 Å². The van der Waals surface area contributed by atoms with E-state index in [1.165, 1.54) is 10.7 Å². The van der Waals surface area contributed by atoms with E-state index in [0.29, 0.717) is 27.2 Å². The number of carbonyl (C=O) groups is 2. The summed E-state index contributed by atoms with van der Waals surface area (Å²) in [6.07, 6.45) is -0.570. The SMILES string of the molecule is [B]c1cccc(-c2cnn3c(N(C(=O)OC(C)(C)C)C(=O)OC(C)(C)C)c(-c4cccc(Cl)c4)c(CF)nc23)c1. The maximum absolute atomic E-state index is 14.8. The molecule has 4 rings (SSSR count). The van der Waals surface area contributed by atoms with Crippen molar-refractivity contribution in [2.24, 2.45) is 0 Å². The molecule has 40 heavy (non-hydrogen) atoms. The van der Waals surface area contributed by atoms with Crippen molar-refractivity contribution >= 4 is 48.6 Å². The number of alkyl halides is 1. The van der Waals surface area contributed by atoms with Gasteiger partial charge in [-0.05, 0) is 64.8 Å². The second-order valence-electron chi connectivity index (χ2n) is 11.1. The normalized spacial score (nSPS) is 11.9. The van der Waals surface area contributed by atoms with Crippen LogP contribution in [0.3, 0.4) is 0 Å². The molecule has 0 N–H and O–H groups in total. The zero-order valence-electron chi connectivity index (χ0n) is 23.2. The van der Waals surface area contributed by atoms with Crippen molar-refractivity contribution in [1.29, 1.82) is 0 Å². The highest BCUT2D eigenvalue weighted by Crippen LogP contribution is 2.39. The number of benzene rings is 2. The van der Waals surface area contributed by atoms with Crippen LogP contribution in [-0.4, -0.2) is 45.8 Å². The highest BCUT2D eigenvalue weighted by Gasteiger charge is 2.38. The minimum absolute atomic E-state index is 0.0486. The topological polar surface area (TPSA) is 86.0 Å². The zero-order valence-corrected chi connectivity index (χ0v) is 23.9. The van der Waals surface area contributed by atoms with E-state index in [9.17, 15) is 14.0 Å². The van der Waals surface area contributed by atoms with E-state index in [2.05, 4.69) is 10.1 Å². The molecule has 0 aliphatic rings. The number of aromatic nitrogens is 3. The Bertz CT molecular complexity index is 1570. The molecule has 0 bridgehead atoms. The van der Waals surface area contributed by atoms with Crippen LogP contribution in [0.5, 0.6) is 0 Å². The molecule has 0 unspecified atom stereocenters. The summed E-state index contributed by atoms with van der Waals surface area (Å²) in [4.78, 5) is 32.7. The lowest BCUT2D eigenvalue weighted by Gasteiger charge is -2.30. The Morgan fingerprint density at radius 1 is 0.975 bits per heavy atom. The van der Waals surface area contributed by atoms with E-state index < -0.39 is 30.1 Å². The Hall–Kier alpha value is -3.92. The third-order valence-electron chi connectivity index (χ3n) is 5.50. The average molecular weight is 563 g/mol. The fraction of sp³-hybridized carbons (Fsp3) is 0.310. The summed E-state index contributed by atoms with van der Waals surface area (Å²) >= 11 is 6.29. The molecular formula is C29H29BClFN4O4. The fourth-order valence-corrected chi connectivity index (χ4v) is 4.23. The van der Waals surface area contributed by atoms with Gasteiger partial charge in [-0.25, -0.2) is 19.0 Å². The summed E-state index contributed by atoms with van der Waals surface area (Å²) in [5.74, 6) is -0.112. The second kappa shape index (κ2) is 10.9. The Balaban J connectivity index is 2.12. The Labute approximate surface area is 238 Å². The van der Waals surface area contributed by atoms with Crippen LogP contribution in [0.2, 0.25) is 5.02 Å². The maximum atomic E-state index is 14.8. The number of hydrogen-bond donors (Lipinski definition) is 0. The predicted molar refractivity (Wildman–Crippen MR) is 154 cm³/mol. The van der Waals surface area contributed by atoms with Gasteiger partial charge in [0.25, 0.3) is 0 Å². The first-order chi connectivity index (χ1) is 18.7. The molecule has 0 fully saturated rings. The molecular weight excluding hydrogens is 534 g/mol. The van der Waals surface area contributed by atoms with Crippen molar-refractivity contribution < 1.29 is 23.5 Å². The number of hydrogen-bond acceptors (Lipinski definition) is 6. The number of imide groups is 1. The van der Waals surface area contributed by atoms with Crippen LogP contribution in [0.4, 0.5) is 19.8 Å². The predicted octanol–water partition coefficient (Wildman–Crippen LogP) is 6.66. The molecule has 0 saturated heterocycles. The Morgan fingerprint density at radius 3 is 2.12 bits per heavy atom. The first-order valence-corrected chi connectivity index (χ1v) is 12.9. The van der Waals surface area contributed by atoms with E-state index in [-0.39, 0.29) is 22.7 Å². The average Bonchev–Trinajstić information content (AvgIpc) is 3.25. The Kier molecular flexibility index (Phi) is 7.94. The van der Waals surface area contributed by atoms with Gasteiger partial charge < -0.3 is 9.47 Å². The molecule has 0 spiro atoms. The van der Waals surface area contributed by atoms with Gasteiger partial charge in [-0.2, -0.15) is 14.5 Å². The van der Waals surface area contributed by atoms with Crippen molar-refractivity contribution in [2.75, 3.05) is 4.90 Å². The summed E-state index contributed by atoms with van der Waals surface area (Å²) in [6, 6.07) is 13.6. The van der Waals surface area contributed by atoms with E-state index in [4.69, 9.17) is 28.9 Å². The number of halogens is 2. The smallest absolute Gasteiger partial charge is 0.425 e. The van der Waals surface area contributed by atoms with E-state index in [1.54, 1.807) is 90.1 Å². The fourth-order valence-electron chi connectivity index (χ4n) is 4.04. The van der Waals surface area contributed by atoms with Gasteiger partial charge in [0.2, 0.25) is 0 Å². The first-order valence-electron chi connectivity index (χ1n) is 12.5. The van der Waals surface area contributed by atoms with Crippen LogP contribution >= 0.6 is 11.6 Å². The van der Waals surface area contributed by atoms with Crippen LogP contribution in [0.25, 0.3) is 27.9 Å². The number of nitrogens with zero attached hydrogens (tertiary/aromatic N) is 4. The molecule has 11 heteroatoms. The number of amides is 2. The summed E-state index contributed by atoms with van der Waals surface area (Å²) in [6.45, 7) is 8.96. The standard InChI is InChI=1S/C29H29BClFN4O4/c1-28(2,3)39-26(37)35(27(38)40-29(4,5)6)25-23(18-10-8-12-20(31)14-18)22(15-32)34-24-21(16-33-36(24)25)17-9-7-11-19(30)13-17/h7-14,16H,15H2,1-6H3. The molecule has 0 atom stereocenters. The molecule has 0 aliphatic carbocycles. The van der Waals surface area contributed by atoms with Gasteiger partial charge in [0, 0.05) is 16.1 Å². The quantitative estimate of drug-likeness (QED) is 0.259. The minimum atomic E-state index is -1.04. The van der Waals surface area contributed by atoms with Crippen molar-refractivity contribution in [2.45, 2.75) is 59.4 Å². The zero-order chi connectivity index (χ0) is 29.4. The summed E-state index contributed by atoms with van der Waals surface area (Å²) in [7, 11) is 6.00. The largest absolute Gasteiger partial charge is 0.443 e. The lowest BCUT2D eigenvalue weighted by molar-refractivity contribution is 0.0428. The molecule has 2 aromatic heterocycles. The van der Waals surface area contributed by atoms with Crippen LogP contribution in [0.1, 0.15) is 47.2 Å². The monoisotopic (exact) mass is 562 g/mol. The number of anilines is 1. The molecule has 2 radical (unpaired) electrons. The molecule has 206 valence electrons. The van der Waals surface area contributed by atoms with Crippen LogP contribution in [0, 0.1) is 0 Å². The van der Waals surface area contributed by atoms with Gasteiger partial charge in [0.15, 0.2) is 11.5 Å². The van der Waals surface area contributed by atoms with Crippen LogP contribution in [0.15, 0.2) is 54.7 Å². The van der Waals surface area contributed by atoms with Crippen LogP contribution in [-0.2, 0) is 16.1 Å². The van der Waals surface area contributed by atoms with Crippen molar-refractivity contribution in [3.63, 3.8) is 0 Å². The highest BCUT2D eigenvalue weighted by atomic mass is 35.5. The van der Waals surface area contributed by atoms with Crippen molar-refractivity contribution in [1.82, 2.24) is 14.6 Å². The number of rotatable bonds is 4. The third kappa shape index (κ3) is 6.28. The summed E-state index contributed by atoms with van der Waals surface area (Å²) in [5, 5.41) is 4.84. The molecule has 2 heterocycles. The van der Waals surface area contributed by atoms with Gasteiger partial charge >= 0.3 is 12.2 Å². The van der Waals surface area contributed by atoms with Gasteiger partial charge in [-0.1, -0.05) is 53.5 Å². The van der Waals surface area contributed by atoms with Gasteiger partial charge in [-0.15, -0.1) is 0 Å². The molecule has 0 aliphatic heterocycles. The van der Waals surface area contributed by atoms with E-state index in [0.717, 1.165) is 4.90 Å². The number of ether oxygens (including phenoxy) is 2. The molecule has 4 aromatic rings. The number of fused-ring (bicyclic) bond motifs is 1. The molecule has 8 nitrogen and oxygen atoms in total. The lowest BCUT2D eigenvalue weighted by Crippen LogP contribution is -2.45. The molecule has 2 aromatic carbocycles. The molecule has 0 saturated carbocycles. The first kappa shape index (κ1) is 29.1. The van der Waals surface area contributed by atoms with Crippen molar-refractivity contribution in [3.05, 3.63) is 65.4 Å². The van der Waals surface area contributed by atoms with E-state index >= 15 is 0 Å². The van der Waals surface area contributed by atoms with Crippen LogP contribution < -0.4 is 10.4 Å². The van der Waals surface area contributed by atoms with Crippen molar-refractivity contribution in [3.8, 4) is 22.3 Å². The second-order valence-corrected chi connectivity index (χ2v) is 11.6. The maximum Gasteiger partial charge on any atom is 0.425 e. The van der Waals surface area contributed by atoms with Gasteiger partial charge in [0.1, 0.15) is 25.7 Å². The lowest BCUT2D eigenvalue weighted by atomic mass is 9.93. The molecule has 2 amide bonds. The summed E-state index contributed by atoms with van der Waals surface area (Å²) in [5.41, 5.74) is 0.396. The van der Waals surface area contributed by atoms with Gasteiger partial charge in [-0.3, -0.25) is 0 Å². The third-order valence-corrected chi connectivity index (χ3v) is 5.73. The highest BCUT2D eigenvalue weighted by molar-refractivity contribution is 6.32. The number of carbonyl (C=O) groups excluding carboxylic acids is 2. The minimum Gasteiger partial charge on any atom is -0.443 e.